The first kappa shape index (κ1) is 25.6. The van der Waals surface area contributed by atoms with Gasteiger partial charge in [-0.25, -0.2) is 4.79 Å². The molecular weight excluding hydrogens is 410 g/mol. The molecule has 3 atom stereocenters. The van der Waals surface area contributed by atoms with Crippen LogP contribution in [0.1, 0.15) is 59.4 Å². The first-order chi connectivity index (χ1) is 15.0. The lowest BCUT2D eigenvalue weighted by atomic mass is 10.00. The van der Waals surface area contributed by atoms with Crippen LogP contribution in [-0.4, -0.2) is 58.2 Å². The maximum absolute atomic E-state index is 12.8. The number of carbonyl (C=O) groups excluding carboxylic acids is 3. The van der Waals surface area contributed by atoms with Gasteiger partial charge in [-0.3, -0.25) is 9.59 Å². The molecule has 1 saturated heterocycles. The molecule has 1 heterocycles. The molecule has 1 aromatic carbocycles. The third-order valence-corrected chi connectivity index (χ3v) is 5.21. The van der Waals surface area contributed by atoms with Gasteiger partial charge in [0.2, 0.25) is 5.91 Å². The molecule has 8 heteroatoms. The van der Waals surface area contributed by atoms with Crippen LogP contribution in [0.4, 0.5) is 4.79 Å². The van der Waals surface area contributed by atoms with E-state index in [9.17, 15) is 19.5 Å². The number of carbonyl (C=O) groups is 3. The molecule has 0 spiro atoms. The molecule has 0 aliphatic carbocycles. The highest BCUT2D eigenvalue weighted by Gasteiger charge is 2.39. The number of benzene rings is 1. The number of hydrogen-bond donors (Lipinski definition) is 3. The van der Waals surface area contributed by atoms with Crippen LogP contribution in [0.15, 0.2) is 30.3 Å². The minimum atomic E-state index is -1.45. The number of amides is 3. The summed E-state index contributed by atoms with van der Waals surface area (Å²) in [5.74, 6) is -0.788. The van der Waals surface area contributed by atoms with Gasteiger partial charge in [0.15, 0.2) is 6.10 Å². The fourth-order valence-corrected chi connectivity index (χ4v) is 3.74. The van der Waals surface area contributed by atoms with Gasteiger partial charge >= 0.3 is 6.09 Å². The first-order valence-corrected chi connectivity index (χ1v) is 11.3. The predicted octanol–water partition coefficient (Wildman–Crippen LogP) is 2.59. The Morgan fingerprint density at radius 1 is 1.16 bits per heavy atom. The number of rotatable bonds is 8. The topological polar surface area (TPSA) is 108 Å². The van der Waals surface area contributed by atoms with E-state index in [1.165, 1.54) is 4.90 Å². The lowest BCUT2D eigenvalue weighted by Crippen LogP contribution is -2.57. The molecule has 1 aromatic rings. The number of hydrogen-bond acceptors (Lipinski definition) is 5. The van der Waals surface area contributed by atoms with Crippen LogP contribution in [0.5, 0.6) is 0 Å². The Hall–Kier alpha value is -2.61. The quantitative estimate of drug-likeness (QED) is 0.568. The van der Waals surface area contributed by atoms with Crippen molar-refractivity contribution < 1.29 is 24.2 Å². The summed E-state index contributed by atoms with van der Waals surface area (Å²) in [7, 11) is 0. The normalized spacial score (nSPS) is 18.2. The summed E-state index contributed by atoms with van der Waals surface area (Å²) in [5.41, 5.74) is 0.414. The van der Waals surface area contributed by atoms with Gasteiger partial charge in [0.1, 0.15) is 12.6 Å². The van der Waals surface area contributed by atoms with Crippen LogP contribution in [-0.2, 0) is 20.9 Å². The Morgan fingerprint density at radius 2 is 1.81 bits per heavy atom. The van der Waals surface area contributed by atoms with Crippen molar-refractivity contribution in [3.8, 4) is 0 Å². The first-order valence-electron chi connectivity index (χ1n) is 11.3. The summed E-state index contributed by atoms with van der Waals surface area (Å²) in [6, 6.07) is 7.85. The number of likely N-dealkylation sites (tertiary alicyclic amines) is 1. The Labute approximate surface area is 190 Å². The van der Waals surface area contributed by atoms with Crippen LogP contribution >= 0.6 is 0 Å². The zero-order valence-electron chi connectivity index (χ0n) is 19.8. The highest BCUT2D eigenvalue weighted by atomic mass is 16.6. The largest absolute Gasteiger partial charge is 0.445 e. The van der Waals surface area contributed by atoms with Crippen molar-refractivity contribution in [1.29, 1.82) is 0 Å². The molecule has 0 bridgehead atoms. The van der Waals surface area contributed by atoms with Gasteiger partial charge in [-0.05, 0) is 51.5 Å². The van der Waals surface area contributed by atoms with E-state index < -0.39 is 35.7 Å². The molecule has 3 amide bonds. The van der Waals surface area contributed by atoms with Crippen LogP contribution < -0.4 is 10.6 Å². The van der Waals surface area contributed by atoms with E-state index in [4.69, 9.17) is 4.74 Å². The van der Waals surface area contributed by atoms with Gasteiger partial charge in [0, 0.05) is 12.1 Å². The molecule has 2 rings (SSSR count). The zero-order chi connectivity index (χ0) is 23.9. The monoisotopic (exact) mass is 447 g/mol. The summed E-state index contributed by atoms with van der Waals surface area (Å²) in [4.78, 5) is 39.5. The number of nitrogens with zero attached hydrogens (tertiary/aromatic N) is 1. The minimum absolute atomic E-state index is 0.120. The number of nitrogens with one attached hydrogen (secondary N) is 2. The van der Waals surface area contributed by atoms with E-state index in [2.05, 4.69) is 10.6 Å². The van der Waals surface area contributed by atoms with E-state index in [0.29, 0.717) is 25.8 Å². The van der Waals surface area contributed by atoms with Crippen molar-refractivity contribution in [1.82, 2.24) is 15.5 Å². The van der Waals surface area contributed by atoms with Gasteiger partial charge in [-0.2, -0.15) is 0 Å². The highest BCUT2D eigenvalue weighted by molar-refractivity contribution is 5.90. The molecule has 0 saturated carbocycles. The zero-order valence-corrected chi connectivity index (χ0v) is 19.8. The van der Waals surface area contributed by atoms with Crippen molar-refractivity contribution in [3.05, 3.63) is 35.9 Å². The lowest BCUT2D eigenvalue weighted by Gasteiger charge is -2.30. The fourth-order valence-electron chi connectivity index (χ4n) is 3.74. The molecule has 1 unspecified atom stereocenters. The van der Waals surface area contributed by atoms with Crippen LogP contribution in [0.3, 0.4) is 0 Å². The molecule has 3 N–H and O–H groups in total. The number of aliphatic hydroxyl groups is 1. The maximum Gasteiger partial charge on any atom is 0.410 e. The molecule has 1 aliphatic rings. The summed E-state index contributed by atoms with van der Waals surface area (Å²) < 4.78 is 5.38. The standard InChI is InChI=1S/C24H37N3O5/c1-16(2)14-18(21(29)26-24(3,4)5)25-22(30)20(28)19-12-9-13-27(19)23(31)32-15-17-10-7-6-8-11-17/h6-8,10-11,16,18-20,28H,9,12-15H2,1-5H3,(H,25,30)(H,26,29)/t18-,19+,20?/m1/s1. The van der Waals surface area contributed by atoms with E-state index >= 15 is 0 Å². The summed E-state index contributed by atoms with van der Waals surface area (Å²) in [6.45, 7) is 10.0. The lowest BCUT2D eigenvalue weighted by molar-refractivity contribution is -0.136. The molecule has 1 aliphatic heterocycles. The maximum atomic E-state index is 12.8. The van der Waals surface area contributed by atoms with Crippen LogP contribution in [0.25, 0.3) is 0 Å². The molecule has 0 aromatic heterocycles. The second-order valence-electron chi connectivity index (χ2n) is 9.82. The van der Waals surface area contributed by atoms with Crippen molar-refractivity contribution in [2.24, 2.45) is 5.92 Å². The van der Waals surface area contributed by atoms with E-state index in [0.717, 1.165) is 5.56 Å². The van der Waals surface area contributed by atoms with E-state index in [1.807, 2.05) is 65.0 Å². The Morgan fingerprint density at radius 3 is 2.41 bits per heavy atom. The number of ether oxygens (including phenoxy) is 1. The third-order valence-electron chi connectivity index (χ3n) is 5.21. The Bertz CT molecular complexity index is 776. The Kier molecular flexibility index (Phi) is 9.07. The molecular formula is C24H37N3O5. The fraction of sp³-hybridized carbons (Fsp3) is 0.625. The molecule has 32 heavy (non-hydrogen) atoms. The molecule has 8 nitrogen and oxygen atoms in total. The average Bonchev–Trinajstić information content (AvgIpc) is 3.20. The second-order valence-corrected chi connectivity index (χ2v) is 9.82. The third kappa shape index (κ3) is 7.82. The molecule has 178 valence electrons. The van der Waals surface area contributed by atoms with Gasteiger partial charge < -0.3 is 25.4 Å². The van der Waals surface area contributed by atoms with Crippen molar-refractivity contribution >= 4 is 17.9 Å². The summed E-state index contributed by atoms with van der Waals surface area (Å²) >= 11 is 0. The summed E-state index contributed by atoms with van der Waals surface area (Å²) in [6.07, 6.45) is -0.423. The van der Waals surface area contributed by atoms with Crippen molar-refractivity contribution in [2.45, 2.75) is 84.2 Å². The van der Waals surface area contributed by atoms with E-state index in [1.54, 1.807) is 0 Å². The van der Waals surface area contributed by atoms with Crippen LogP contribution in [0.2, 0.25) is 0 Å². The highest BCUT2D eigenvalue weighted by Crippen LogP contribution is 2.22. The molecule has 0 radical (unpaired) electrons. The second kappa shape index (κ2) is 11.3. The van der Waals surface area contributed by atoms with Gasteiger partial charge in [0.05, 0.1) is 6.04 Å². The Balaban J connectivity index is 2.00. The van der Waals surface area contributed by atoms with E-state index in [-0.39, 0.29) is 18.4 Å². The van der Waals surface area contributed by atoms with Gasteiger partial charge in [-0.1, -0.05) is 44.2 Å². The SMILES string of the molecule is CC(C)C[C@@H](NC(=O)C(O)[C@@H]1CCCN1C(=O)OCc1ccccc1)C(=O)NC(C)(C)C. The van der Waals surface area contributed by atoms with Crippen molar-refractivity contribution in [3.63, 3.8) is 0 Å². The minimum Gasteiger partial charge on any atom is -0.445 e. The van der Waals surface area contributed by atoms with Gasteiger partial charge in [0.25, 0.3) is 5.91 Å². The summed E-state index contributed by atoms with van der Waals surface area (Å²) in [5, 5.41) is 16.3. The molecule has 1 fully saturated rings. The van der Waals surface area contributed by atoms with Crippen LogP contribution in [0, 0.1) is 5.92 Å². The predicted molar refractivity (Wildman–Crippen MR) is 122 cm³/mol. The number of aliphatic hydroxyl groups excluding tert-OH is 1. The average molecular weight is 448 g/mol. The van der Waals surface area contributed by atoms with Gasteiger partial charge in [-0.15, -0.1) is 0 Å². The van der Waals surface area contributed by atoms with Crippen molar-refractivity contribution in [2.75, 3.05) is 6.54 Å². The smallest absolute Gasteiger partial charge is 0.410 e.